The van der Waals surface area contributed by atoms with Gasteiger partial charge in [0.15, 0.2) is 0 Å². The van der Waals surface area contributed by atoms with E-state index in [1.807, 2.05) is 22.7 Å². The maximum atomic E-state index is 3.62. The Labute approximate surface area is 229 Å². The monoisotopic (exact) mass is 624 g/mol. The van der Waals surface area contributed by atoms with Gasteiger partial charge in [0.25, 0.3) is 0 Å². The highest BCUT2D eigenvalue weighted by Crippen LogP contribution is 2.33. The van der Waals surface area contributed by atoms with E-state index in [0.717, 1.165) is 7.57 Å². The van der Waals surface area contributed by atoms with Crippen LogP contribution in [0.15, 0.2) is 37.9 Å². The first kappa shape index (κ1) is 27.1. The number of thiophene rings is 3. The van der Waals surface area contributed by atoms with Crippen molar-refractivity contribution in [2.75, 3.05) is 0 Å². The van der Waals surface area contributed by atoms with Gasteiger partial charge < -0.3 is 0 Å². The highest BCUT2D eigenvalue weighted by Gasteiger charge is 2.02. The van der Waals surface area contributed by atoms with Crippen molar-refractivity contribution < 1.29 is 0 Å². The second-order valence-electron chi connectivity index (χ2n) is 8.42. The Kier molecular flexibility index (Phi) is 12.8. The van der Waals surface area contributed by atoms with Gasteiger partial charge in [0.05, 0.1) is 7.57 Å². The topological polar surface area (TPSA) is 0 Å². The summed E-state index contributed by atoms with van der Waals surface area (Å²) in [6.07, 6.45) is 24.1. The van der Waals surface area contributed by atoms with Crippen molar-refractivity contribution in [2.24, 2.45) is 0 Å². The van der Waals surface area contributed by atoms with Crippen LogP contribution < -0.4 is 0 Å². The summed E-state index contributed by atoms with van der Waals surface area (Å²) in [6, 6.07) is 11.1. The van der Waals surface area contributed by atoms with Crippen molar-refractivity contribution in [3.8, 4) is 0 Å². The predicted molar refractivity (Wildman–Crippen MR) is 162 cm³/mol. The molecule has 178 valence electrons. The van der Waals surface area contributed by atoms with Gasteiger partial charge in [-0.05, 0) is 93.3 Å². The van der Waals surface area contributed by atoms with Crippen molar-refractivity contribution in [3.05, 3.63) is 63.0 Å². The first-order valence-electron chi connectivity index (χ1n) is 12.1. The van der Waals surface area contributed by atoms with Crippen LogP contribution in [0.25, 0.3) is 24.3 Å². The molecule has 33 heavy (non-hydrogen) atoms. The molecule has 0 aromatic carbocycles. The second-order valence-corrected chi connectivity index (χ2v) is 14.5. The largest absolute Gasteiger partial charge is 0.141 e. The number of hydrogen-bond donors (Lipinski definition) is 0. The van der Waals surface area contributed by atoms with Gasteiger partial charge in [-0.1, -0.05) is 70.8 Å². The molecule has 3 aromatic heterocycles. The Morgan fingerprint density at radius 3 is 1.79 bits per heavy atom. The van der Waals surface area contributed by atoms with Crippen LogP contribution in [0.5, 0.6) is 0 Å². The van der Waals surface area contributed by atoms with E-state index in [-0.39, 0.29) is 0 Å². The van der Waals surface area contributed by atoms with Gasteiger partial charge in [-0.3, -0.25) is 0 Å². The molecule has 0 atom stereocenters. The van der Waals surface area contributed by atoms with Crippen LogP contribution >= 0.6 is 65.9 Å². The smallest absolute Gasteiger partial charge is 0.0782 e. The number of unbranched alkanes of at least 4 members (excludes halogenated alkanes) is 9. The Hall–Kier alpha value is -0.460. The summed E-state index contributed by atoms with van der Waals surface area (Å²) in [5.74, 6) is 0. The summed E-state index contributed by atoms with van der Waals surface area (Å²) in [4.78, 5) is 5.45. The quantitative estimate of drug-likeness (QED) is 0.147. The molecule has 0 N–H and O–H groups in total. The van der Waals surface area contributed by atoms with E-state index in [4.69, 9.17) is 0 Å². The average molecular weight is 627 g/mol. The third-order valence-corrected chi connectivity index (χ3v) is 10.1. The minimum absolute atomic E-state index is 1.15. The lowest BCUT2D eigenvalue weighted by molar-refractivity contribution is 0.557. The first-order chi connectivity index (χ1) is 16.1. The van der Waals surface area contributed by atoms with Crippen molar-refractivity contribution in [2.45, 2.75) is 77.6 Å². The van der Waals surface area contributed by atoms with Gasteiger partial charge in [0.1, 0.15) is 0 Å². The molecule has 3 heterocycles. The van der Waals surface area contributed by atoms with E-state index < -0.39 is 0 Å². The number of hydrogen-bond acceptors (Lipinski definition) is 3. The molecule has 0 aliphatic rings. The summed E-state index contributed by atoms with van der Waals surface area (Å²) in [5.41, 5.74) is 1.21. The molecular weight excluding hydrogens is 592 g/mol. The zero-order valence-corrected chi connectivity index (χ0v) is 25.1. The van der Waals surface area contributed by atoms with Gasteiger partial charge in [-0.25, -0.2) is 0 Å². The van der Waals surface area contributed by atoms with Gasteiger partial charge in [0.2, 0.25) is 0 Å². The number of aryl methyl sites for hydroxylation is 1. The summed E-state index contributed by atoms with van der Waals surface area (Å²) >= 11 is 12.6. The van der Waals surface area contributed by atoms with Crippen molar-refractivity contribution in [1.29, 1.82) is 0 Å². The van der Waals surface area contributed by atoms with Crippen LogP contribution in [0, 0.1) is 0 Å². The maximum Gasteiger partial charge on any atom is 0.0782 e. The van der Waals surface area contributed by atoms with E-state index >= 15 is 0 Å². The van der Waals surface area contributed by atoms with E-state index in [2.05, 4.69) is 93.4 Å². The standard InChI is InChI=1S/C28H34Br2S3/c1-2-3-4-5-6-7-8-9-10-11-12-23-15-16-25(31-23)19-20-26-18-17-24(32-26)14-13-22-21-27(29)33-28(22)30/h13-21H,2-12H2,1H3. The molecule has 3 aromatic rings. The highest BCUT2D eigenvalue weighted by molar-refractivity contribution is 9.12. The Bertz CT molecular complexity index is 1010. The van der Waals surface area contributed by atoms with Gasteiger partial charge in [-0.2, -0.15) is 0 Å². The lowest BCUT2D eigenvalue weighted by Gasteiger charge is -2.01. The molecule has 3 rings (SSSR count). The molecule has 0 saturated carbocycles. The molecular formula is C28H34Br2S3. The van der Waals surface area contributed by atoms with E-state index in [1.165, 1.54) is 95.7 Å². The summed E-state index contributed by atoms with van der Waals surface area (Å²) in [6.45, 7) is 2.29. The first-order valence-corrected chi connectivity index (χ1v) is 16.2. The van der Waals surface area contributed by atoms with Gasteiger partial charge in [-0.15, -0.1) is 34.0 Å². The Morgan fingerprint density at radius 2 is 1.18 bits per heavy atom. The molecule has 0 aliphatic heterocycles. The zero-order chi connectivity index (χ0) is 23.3. The SMILES string of the molecule is CCCCCCCCCCCCc1ccc(C=Cc2ccc(C=Cc3cc(Br)sc3Br)s2)s1. The summed E-state index contributed by atoms with van der Waals surface area (Å²) in [5, 5.41) is 0. The second kappa shape index (κ2) is 15.5. The van der Waals surface area contributed by atoms with Gasteiger partial charge in [0, 0.05) is 25.1 Å². The number of rotatable bonds is 15. The maximum absolute atomic E-state index is 3.62. The van der Waals surface area contributed by atoms with Crippen molar-refractivity contribution >= 4 is 90.2 Å². The van der Waals surface area contributed by atoms with Crippen LogP contribution in [-0.4, -0.2) is 0 Å². The zero-order valence-electron chi connectivity index (χ0n) is 19.5. The highest BCUT2D eigenvalue weighted by atomic mass is 79.9. The molecule has 0 amide bonds. The molecule has 5 heteroatoms. The Morgan fingerprint density at radius 1 is 0.636 bits per heavy atom. The fourth-order valence-electron chi connectivity index (χ4n) is 3.76. The third kappa shape index (κ3) is 10.4. The van der Waals surface area contributed by atoms with Gasteiger partial charge >= 0.3 is 0 Å². The lowest BCUT2D eigenvalue weighted by Crippen LogP contribution is -1.84. The summed E-state index contributed by atoms with van der Waals surface area (Å²) < 4.78 is 2.31. The predicted octanol–water partition coefficient (Wildman–Crippen LogP) is 12.2. The lowest BCUT2D eigenvalue weighted by atomic mass is 10.1. The Balaban J connectivity index is 1.35. The molecule has 0 unspecified atom stereocenters. The fourth-order valence-corrected chi connectivity index (χ4v) is 8.28. The van der Waals surface area contributed by atoms with Crippen LogP contribution in [0.2, 0.25) is 0 Å². The minimum Gasteiger partial charge on any atom is -0.141 e. The molecule has 0 bridgehead atoms. The van der Waals surface area contributed by atoms with Crippen LogP contribution in [0.1, 0.15) is 96.2 Å². The molecule has 0 spiro atoms. The fraction of sp³-hybridized carbons (Fsp3) is 0.429. The molecule has 0 saturated heterocycles. The van der Waals surface area contributed by atoms with Crippen molar-refractivity contribution in [3.63, 3.8) is 0 Å². The van der Waals surface area contributed by atoms with E-state index in [9.17, 15) is 0 Å². The van der Waals surface area contributed by atoms with Crippen LogP contribution in [0.4, 0.5) is 0 Å². The molecule has 0 fully saturated rings. The normalized spacial score (nSPS) is 12.0. The molecule has 0 radical (unpaired) electrons. The minimum atomic E-state index is 1.15. The third-order valence-electron chi connectivity index (χ3n) is 5.63. The summed E-state index contributed by atoms with van der Waals surface area (Å²) in [7, 11) is 0. The molecule has 0 aliphatic carbocycles. The van der Waals surface area contributed by atoms with E-state index in [1.54, 1.807) is 11.3 Å². The van der Waals surface area contributed by atoms with Crippen LogP contribution in [0.3, 0.4) is 0 Å². The number of halogens is 2. The van der Waals surface area contributed by atoms with E-state index in [0.29, 0.717) is 0 Å². The van der Waals surface area contributed by atoms with Crippen LogP contribution in [-0.2, 0) is 6.42 Å². The average Bonchev–Trinajstić information content (AvgIpc) is 3.52. The van der Waals surface area contributed by atoms with Crippen molar-refractivity contribution in [1.82, 2.24) is 0 Å². The molecule has 0 nitrogen and oxygen atoms in total.